The van der Waals surface area contributed by atoms with Gasteiger partial charge in [-0.2, -0.15) is 0 Å². The standard InChI is InChI=1S/C11H17N3.C2H6/c1-4-9-5-11-10(6-12-9)13-7-14(11)8(2)3;1-2/h5-6,8,13H,4,7H2,1-3H3;1-2H3. The highest BCUT2D eigenvalue weighted by molar-refractivity contribution is 5.74. The first-order valence-corrected chi connectivity index (χ1v) is 6.21. The molecule has 0 unspecified atom stereocenters. The number of nitrogens with one attached hydrogen (secondary N) is 1. The Kier molecular flexibility index (Phi) is 4.59. The Morgan fingerprint density at radius 1 is 1.44 bits per heavy atom. The van der Waals surface area contributed by atoms with Crippen molar-refractivity contribution in [3.63, 3.8) is 0 Å². The minimum atomic E-state index is 0.538. The second-order valence-electron chi connectivity index (χ2n) is 3.94. The van der Waals surface area contributed by atoms with Crippen LogP contribution in [0.2, 0.25) is 0 Å². The first-order valence-electron chi connectivity index (χ1n) is 6.21. The molecular formula is C13H23N3. The Hall–Kier alpha value is -1.25. The van der Waals surface area contributed by atoms with E-state index in [-0.39, 0.29) is 0 Å². The quantitative estimate of drug-likeness (QED) is 0.830. The van der Waals surface area contributed by atoms with Crippen LogP contribution in [0.5, 0.6) is 0 Å². The summed E-state index contributed by atoms with van der Waals surface area (Å²) in [5.41, 5.74) is 3.63. The van der Waals surface area contributed by atoms with Crippen LogP contribution in [-0.2, 0) is 6.42 Å². The van der Waals surface area contributed by atoms with E-state index in [9.17, 15) is 0 Å². The molecule has 1 aliphatic heterocycles. The lowest BCUT2D eigenvalue weighted by molar-refractivity contribution is 0.726. The van der Waals surface area contributed by atoms with Gasteiger partial charge in [0.1, 0.15) is 0 Å². The third-order valence-corrected chi connectivity index (χ3v) is 2.67. The molecule has 0 bridgehead atoms. The van der Waals surface area contributed by atoms with E-state index in [0.717, 1.165) is 24.5 Å². The van der Waals surface area contributed by atoms with E-state index >= 15 is 0 Å². The number of pyridine rings is 1. The van der Waals surface area contributed by atoms with Crippen LogP contribution in [-0.4, -0.2) is 17.7 Å². The Labute approximate surface area is 98.9 Å². The second-order valence-corrected chi connectivity index (χ2v) is 3.94. The number of aromatic nitrogens is 1. The molecule has 1 aromatic rings. The van der Waals surface area contributed by atoms with Crippen LogP contribution in [0.1, 0.15) is 40.3 Å². The van der Waals surface area contributed by atoms with E-state index in [1.54, 1.807) is 0 Å². The molecule has 90 valence electrons. The molecule has 1 aromatic heterocycles. The predicted molar refractivity (Wildman–Crippen MR) is 71.1 cm³/mol. The van der Waals surface area contributed by atoms with Crippen LogP contribution >= 0.6 is 0 Å². The van der Waals surface area contributed by atoms with Gasteiger partial charge in [0.25, 0.3) is 0 Å². The van der Waals surface area contributed by atoms with Gasteiger partial charge in [0.05, 0.1) is 24.2 Å². The van der Waals surface area contributed by atoms with Gasteiger partial charge in [-0.25, -0.2) is 0 Å². The van der Waals surface area contributed by atoms with Crippen molar-refractivity contribution in [2.24, 2.45) is 0 Å². The molecule has 0 radical (unpaired) electrons. The van der Waals surface area contributed by atoms with Gasteiger partial charge in [0.15, 0.2) is 0 Å². The minimum absolute atomic E-state index is 0.538. The lowest BCUT2D eigenvalue weighted by atomic mass is 10.2. The number of hydrogen-bond acceptors (Lipinski definition) is 3. The monoisotopic (exact) mass is 221 g/mol. The minimum Gasteiger partial charge on any atom is -0.365 e. The van der Waals surface area contributed by atoms with E-state index in [1.165, 1.54) is 5.69 Å². The van der Waals surface area contributed by atoms with Gasteiger partial charge >= 0.3 is 0 Å². The molecule has 0 amide bonds. The third kappa shape index (κ3) is 2.46. The fraction of sp³-hybridized carbons (Fsp3) is 0.615. The molecule has 0 fully saturated rings. The van der Waals surface area contributed by atoms with Gasteiger partial charge in [-0.3, -0.25) is 4.98 Å². The molecule has 0 aromatic carbocycles. The lowest BCUT2D eigenvalue weighted by Gasteiger charge is -2.22. The van der Waals surface area contributed by atoms with E-state index in [4.69, 9.17) is 0 Å². The average molecular weight is 221 g/mol. The van der Waals surface area contributed by atoms with Crippen LogP contribution in [0.4, 0.5) is 11.4 Å². The molecule has 0 spiro atoms. The molecule has 0 aliphatic carbocycles. The van der Waals surface area contributed by atoms with Gasteiger partial charge < -0.3 is 10.2 Å². The van der Waals surface area contributed by atoms with Crippen molar-refractivity contribution >= 4 is 11.4 Å². The zero-order valence-electron chi connectivity index (χ0n) is 11.0. The number of aryl methyl sites for hydroxylation is 1. The maximum absolute atomic E-state index is 4.37. The molecule has 3 heteroatoms. The molecule has 1 aliphatic rings. The van der Waals surface area contributed by atoms with Crippen molar-refractivity contribution in [3.05, 3.63) is 18.0 Å². The van der Waals surface area contributed by atoms with E-state index < -0.39 is 0 Å². The highest BCUT2D eigenvalue weighted by Gasteiger charge is 2.20. The highest BCUT2D eigenvalue weighted by atomic mass is 15.3. The molecule has 0 saturated heterocycles. The number of nitrogens with zero attached hydrogens (tertiary/aromatic N) is 2. The van der Waals surface area contributed by atoms with Crippen LogP contribution in [0.25, 0.3) is 0 Å². The fourth-order valence-electron chi connectivity index (χ4n) is 1.77. The van der Waals surface area contributed by atoms with Crippen molar-refractivity contribution < 1.29 is 0 Å². The topological polar surface area (TPSA) is 28.2 Å². The largest absolute Gasteiger partial charge is 0.365 e. The number of anilines is 2. The van der Waals surface area contributed by atoms with Crippen LogP contribution in [0.3, 0.4) is 0 Å². The Morgan fingerprint density at radius 3 is 2.69 bits per heavy atom. The summed E-state index contributed by atoms with van der Waals surface area (Å²) in [7, 11) is 0. The Bertz CT molecular complexity index is 334. The SMILES string of the molecule is CC.CCc1cc2c(cn1)NCN2C(C)C. The van der Waals surface area contributed by atoms with Crippen LogP contribution < -0.4 is 10.2 Å². The molecule has 2 heterocycles. The number of rotatable bonds is 2. The normalized spacial score (nSPS) is 13.0. The molecule has 0 atom stereocenters. The van der Waals surface area contributed by atoms with Crippen molar-refractivity contribution in [3.8, 4) is 0 Å². The van der Waals surface area contributed by atoms with Crippen LogP contribution in [0, 0.1) is 0 Å². The average Bonchev–Trinajstić information content (AvgIpc) is 2.74. The number of fused-ring (bicyclic) bond motifs is 1. The second kappa shape index (κ2) is 5.73. The van der Waals surface area contributed by atoms with E-state index in [2.05, 4.69) is 42.0 Å². The van der Waals surface area contributed by atoms with Crippen molar-refractivity contribution in [1.82, 2.24) is 4.98 Å². The molecule has 16 heavy (non-hydrogen) atoms. The highest BCUT2D eigenvalue weighted by Crippen LogP contribution is 2.32. The van der Waals surface area contributed by atoms with Gasteiger partial charge in [-0.15, -0.1) is 0 Å². The molecule has 2 rings (SSSR count). The van der Waals surface area contributed by atoms with Crippen molar-refractivity contribution in [2.75, 3.05) is 16.9 Å². The first-order chi connectivity index (χ1) is 7.72. The maximum Gasteiger partial charge on any atom is 0.0880 e. The zero-order chi connectivity index (χ0) is 12.1. The summed E-state index contributed by atoms with van der Waals surface area (Å²) in [6, 6.07) is 2.73. The third-order valence-electron chi connectivity index (χ3n) is 2.67. The lowest BCUT2D eigenvalue weighted by Crippen LogP contribution is -2.30. The van der Waals surface area contributed by atoms with Crippen molar-refractivity contribution in [1.29, 1.82) is 0 Å². The maximum atomic E-state index is 4.37. The zero-order valence-corrected chi connectivity index (χ0v) is 11.0. The van der Waals surface area contributed by atoms with Crippen molar-refractivity contribution in [2.45, 2.75) is 47.1 Å². The van der Waals surface area contributed by atoms with Gasteiger partial charge in [-0.1, -0.05) is 20.8 Å². The smallest absolute Gasteiger partial charge is 0.0880 e. The van der Waals surface area contributed by atoms with Gasteiger partial charge in [-0.05, 0) is 26.3 Å². The van der Waals surface area contributed by atoms with E-state index in [1.807, 2.05) is 20.0 Å². The Morgan fingerprint density at radius 2 is 2.12 bits per heavy atom. The summed E-state index contributed by atoms with van der Waals surface area (Å²) >= 11 is 0. The first kappa shape index (κ1) is 12.8. The van der Waals surface area contributed by atoms with Crippen LogP contribution in [0.15, 0.2) is 12.3 Å². The molecule has 3 nitrogen and oxygen atoms in total. The summed E-state index contributed by atoms with van der Waals surface area (Å²) < 4.78 is 0. The summed E-state index contributed by atoms with van der Waals surface area (Å²) in [5, 5.41) is 3.35. The number of hydrogen-bond donors (Lipinski definition) is 1. The predicted octanol–water partition coefficient (Wildman–Crippen LogP) is 3.27. The molecular weight excluding hydrogens is 198 g/mol. The summed E-state index contributed by atoms with van der Waals surface area (Å²) in [4.78, 5) is 6.73. The Balaban J connectivity index is 0.000000606. The fourth-order valence-corrected chi connectivity index (χ4v) is 1.77. The summed E-state index contributed by atoms with van der Waals surface area (Å²) in [5.74, 6) is 0. The van der Waals surface area contributed by atoms with Gasteiger partial charge in [0, 0.05) is 11.7 Å². The summed E-state index contributed by atoms with van der Waals surface area (Å²) in [6.45, 7) is 11.5. The van der Waals surface area contributed by atoms with Gasteiger partial charge in [0.2, 0.25) is 0 Å². The van der Waals surface area contributed by atoms with E-state index in [0.29, 0.717) is 6.04 Å². The molecule has 1 N–H and O–H groups in total. The molecule has 0 saturated carbocycles. The summed E-state index contributed by atoms with van der Waals surface area (Å²) in [6.07, 6.45) is 2.94.